The molecule has 26 heavy (non-hydrogen) atoms. The van der Waals surface area contributed by atoms with Crippen molar-refractivity contribution in [1.29, 1.82) is 0 Å². The van der Waals surface area contributed by atoms with Gasteiger partial charge in [-0.15, -0.1) is 0 Å². The van der Waals surface area contributed by atoms with E-state index in [1.165, 1.54) is 6.33 Å². The summed E-state index contributed by atoms with van der Waals surface area (Å²) in [5.74, 6) is 0.638. The van der Waals surface area contributed by atoms with E-state index in [1.54, 1.807) is 6.07 Å². The van der Waals surface area contributed by atoms with E-state index >= 15 is 0 Å². The van der Waals surface area contributed by atoms with Crippen molar-refractivity contribution in [3.63, 3.8) is 0 Å². The molecule has 1 heterocycles. The van der Waals surface area contributed by atoms with Crippen LogP contribution in [-0.4, -0.2) is 22.6 Å². The largest absolute Gasteiger partial charge is 0.492 e. The molecule has 1 aromatic heterocycles. The zero-order chi connectivity index (χ0) is 18.2. The highest BCUT2D eigenvalue weighted by atomic mass is 16.5. The number of nitrogens with one attached hydrogen (secondary N) is 2. The summed E-state index contributed by atoms with van der Waals surface area (Å²) >= 11 is 0. The van der Waals surface area contributed by atoms with Crippen molar-refractivity contribution in [2.75, 3.05) is 11.9 Å². The predicted molar refractivity (Wildman–Crippen MR) is 101 cm³/mol. The van der Waals surface area contributed by atoms with Crippen molar-refractivity contribution in [2.45, 2.75) is 13.5 Å². The molecule has 0 unspecified atom stereocenters. The van der Waals surface area contributed by atoms with Crippen LogP contribution in [0.15, 0.2) is 67.0 Å². The number of amides is 2. The second-order valence-electron chi connectivity index (χ2n) is 5.50. The molecule has 0 saturated heterocycles. The Balaban J connectivity index is 1.62. The average molecular weight is 348 g/mol. The molecule has 0 bridgehead atoms. The molecular weight excluding hydrogens is 328 g/mol. The van der Waals surface area contributed by atoms with E-state index in [-0.39, 0.29) is 6.03 Å². The number of benzene rings is 2. The molecule has 2 N–H and O–H groups in total. The fraction of sp³-hybridized carbons (Fsp3) is 0.150. The molecule has 6 nitrogen and oxygen atoms in total. The summed E-state index contributed by atoms with van der Waals surface area (Å²) in [6.07, 6.45) is 1.50. The smallest absolute Gasteiger partial charge is 0.319 e. The van der Waals surface area contributed by atoms with Crippen molar-refractivity contribution < 1.29 is 9.53 Å². The Labute approximate surface area is 152 Å². The van der Waals surface area contributed by atoms with Gasteiger partial charge in [0, 0.05) is 5.56 Å². The molecule has 0 aliphatic carbocycles. The first-order valence-corrected chi connectivity index (χ1v) is 8.39. The maximum absolute atomic E-state index is 12.2. The summed E-state index contributed by atoms with van der Waals surface area (Å²) in [7, 11) is 0. The highest BCUT2D eigenvalue weighted by Crippen LogP contribution is 2.23. The second-order valence-corrected chi connectivity index (χ2v) is 5.50. The van der Waals surface area contributed by atoms with Crippen LogP contribution in [0.4, 0.5) is 10.5 Å². The van der Waals surface area contributed by atoms with Crippen LogP contribution in [0.1, 0.15) is 12.6 Å². The van der Waals surface area contributed by atoms with Crippen molar-refractivity contribution >= 4 is 11.7 Å². The number of anilines is 1. The summed E-state index contributed by atoms with van der Waals surface area (Å²) < 4.78 is 5.50. The van der Waals surface area contributed by atoms with Crippen LogP contribution in [0.3, 0.4) is 0 Å². The van der Waals surface area contributed by atoms with Gasteiger partial charge < -0.3 is 15.4 Å². The first kappa shape index (κ1) is 17.4. The summed E-state index contributed by atoms with van der Waals surface area (Å²) in [6, 6.07) is 18.7. The van der Waals surface area contributed by atoms with E-state index in [9.17, 15) is 4.79 Å². The van der Waals surface area contributed by atoms with Crippen LogP contribution < -0.4 is 15.4 Å². The highest BCUT2D eigenvalue weighted by Gasteiger charge is 2.08. The minimum Gasteiger partial charge on any atom is -0.492 e. The fourth-order valence-electron chi connectivity index (χ4n) is 2.45. The topological polar surface area (TPSA) is 76.1 Å². The van der Waals surface area contributed by atoms with Gasteiger partial charge in [-0.25, -0.2) is 14.8 Å². The number of rotatable bonds is 6. The lowest BCUT2D eigenvalue weighted by molar-refractivity contribution is 0.251. The average Bonchev–Trinajstić information content (AvgIpc) is 2.69. The Bertz CT molecular complexity index is 868. The molecule has 0 atom stereocenters. The number of ether oxygens (including phenoxy) is 1. The van der Waals surface area contributed by atoms with E-state index < -0.39 is 0 Å². The Kier molecular flexibility index (Phi) is 5.77. The minimum absolute atomic E-state index is 0.297. The van der Waals surface area contributed by atoms with Crippen LogP contribution in [0.5, 0.6) is 5.75 Å². The van der Waals surface area contributed by atoms with Crippen molar-refractivity contribution in [3.05, 3.63) is 72.7 Å². The van der Waals surface area contributed by atoms with Gasteiger partial charge in [0.2, 0.25) is 0 Å². The van der Waals surface area contributed by atoms with Crippen LogP contribution >= 0.6 is 0 Å². The number of hydrogen-bond acceptors (Lipinski definition) is 4. The molecular formula is C20H20N4O2. The van der Waals surface area contributed by atoms with Gasteiger partial charge in [0.05, 0.1) is 30.2 Å². The molecule has 0 saturated carbocycles. The number of hydrogen-bond donors (Lipinski definition) is 2. The monoisotopic (exact) mass is 348 g/mol. The van der Waals surface area contributed by atoms with Gasteiger partial charge in [-0.3, -0.25) is 0 Å². The molecule has 6 heteroatoms. The zero-order valence-electron chi connectivity index (χ0n) is 14.5. The maximum Gasteiger partial charge on any atom is 0.319 e. The van der Waals surface area contributed by atoms with Crippen molar-refractivity contribution in [2.24, 2.45) is 0 Å². The predicted octanol–water partition coefficient (Wildman–Crippen LogP) is 3.86. The summed E-state index contributed by atoms with van der Waals surface area (Å²) in [6.45, 7) is 2.73. The lowest BCUT2D eigenvalue weighted by atomic mass is 10.1. The molecule has 0 aliphatic rings. The number of carbonyl (C=O) groups is 1. The lowest BCUT2D eigenvalue weighted by Gasteiger charge is -2.12. The third kappa shape index (κ3) is 4.57. The van der Waals surface area contributed by atoms with Crippen LogP contribution in [0.25, 0.3) is 11.3 Å². The van der Waals surface area contributed by atoms with E-state index in [2.05, 4.69) is 20.6 Å². The number of urea groups is 1. The Morgan fingerprint density at radius 1 is 1.04 bits per heavy atom. The minimum atomic E-state index is -0.322. The Morgan fingerprint density at radius 3 is 2.62 bits per heavy atom. The third-order valence-corrected chi connectivity index (χ3v) is 3.66. The number of nitrogens with zero attached hydrogens (tertiary/aromatic N) is 2. The quantitative estimate of drug-likeness (QED) is 0.709. The molecule has 0 spiro atoms. The van der Waals surface area contributed by atoms with Gasteiger partial charge in [0.15, 0.2) is 0 Å². The maximum atomic E-state index is 12.2. The van der Waals surface area contributed by atoms with Gasteiger partial charge in [0.25, 0.3) is 0 Å². The van der Waals surface area contributed by atoms with Crippen molar-refractivity contribution in [3.8, 4) is 17.0 Å². The molecule has 0 radical (unpaired) electrons. The fourth-order valence-corrected chi connectivity index (χ4v) is 2.45. The van der Waals surface area contributed by atoms with Crippen LogP contribution in [-0.2, 0) is 6.54 Å². The first-order valence-electron chi connectivity index (χ1n) is 8.39. The normalized spacial score (nSPS) is 10.2. The molecule has 132 valence electrons. The van der Waals surface area contributed by atoms with Crippen LogP contribution in [0, 0.1) is 0 Å². The zero-order valence-corrected chi connectivity index (χ0v) is 14.5. The van der Waals surface area contributed by atoms with Gasteiger partial charge in [-0.1, -0.05) is 42.5 Å². The van der Waals surface area contributed by atoms with E-state index in [0.717, 1.165) is 17.0 Å². The first-order chi connectivity index (χ1) is 12.8. The SMILES string of the molecule is CCOc1ccccc1NC(=O)NCc1cc(-c2ccccc2)ncn1. The third-order valence-electron chi connectivity index (χ3n) is 3.66. The van der Waals surface area contributed by atoms with E-state index in [1.807, 2.05) is 61.5 Å². The van der Waals surface area contributed by atoms with Crippen molar-refractivity contribution in [1.82, 2.24) is 15.3 Å². The van der Waals surface area contributed by atoms with Gasteiger partial charge in [-0.2, -0.15) is 0 Å². The standard InChI is InChI=1S/C20H20N4O2/c1-2-26-19-11-7-6-10-17(19)24-20(25)21-13-16-12-18(23-14-22-16)15-8-4-3-5-9-15/h3-12,14H,2,13H2,1H3,(H2,21,24,25). The number of para-hydroxylation sites is 2. The van der Waals surface area contributed by atoms with Gasteiger partial charge in [-0.05, 0) is 25.1 Å². The lowest BCUT2D eigenvalue weighted by Crippen LogP contribution is -2.28. The number of carbonyl (C=O) groups excluding carboxylic acids is 1. The molecule has 2 amide bonds. The Hall–Kier alpha value is -3.41. The molecule has 0 fully saturated rings. The van der Waals surface area contributed by atoms with E-state index in [4.69, 9.17) is 4.74 Å². The summed E-state index contributed by atoms with van der Waals surface area (Å²) in [4.78, 5) is 20.7. The van der Waals surface area contributed by atoms with E-state index in [0.29, 0.717) is 24.6 Å². The Morgan fingerprint density at radius 2 is 1.81 bits per heavy atom. The molecule has 3 rings (SSSR count). The second kappa shape index (κ2) is 8.62. The van der Waals surface area contributed by atoms with Gasteiger partial charge in [0.1, 0.15) is 12.1 Å². The number of aromatic nitrogens is 2. The molecule has 3 aromatic rings. The molecule has 2 aromatic carbocycles. The highest BCUT2D eigenvalue weighted by molar-refractivity contribution is 5.90. The van der Waals surface area contributed by atoms with Crippen LogP contribution in [0.2, 0.25) is 0 Å². The molecule has 0 aliphatic heterocycles. The summed E-state index contributed by atoms with van der Waals surface area (Å²) in [5, 5.41) is 5.59. The van der Waals surface area contributed by atoms with Gasteiger partial charge >= 0.3 is 6.03 Å². The summed E-state index contributed by atoms with van der Waals surface area (Å²) in [5.41, 5.74) is 3.18.